The second kappa shape index (κ2) is 9.15. The summed E-state index contributed by atoms with van der Waals surface area (Å²) in [5, 5.41) is 12.5. The molecule has 192 valence electrons. The minimum Gasteiger partial charge on any atom is -0.356 e. The van der Waals surface area contributed by atoms with Crippen LogP contribution >= 0.6 is 0 Å². The first-order valence-corrected chi connectivity index (χ1v) is 11.8. The molecule has 36 heavy (non-hydrogen) atoms. The van der Waals surface area contributed by atoms with Gasteiger partial charge in [0.15, 0.2) is 0 Å². The molecule has 2 N–H and O–H groups in total. The van der Waals surface area contributed by atoms with Crippen LogP contribution in [0.25, 0.3) is 10.9 Å². The molecule has 2 aromatic rings. The number of hydrogen-bond acceptors (Lipinski definition) is 4. The molecule has 0 bridgehead atoms. The molecule has 0 radical (unpaired) electrons. The molecule has 11 heteroatoms. The third kappa shape index (κ3) is 4.64. The molecule has 0 unspecified atom stereocenters. The predicted molar refractivity (Wildman–Crippen MR) is 124 cm³/mol. The molecular formula is C25H28F3N5O3. The maximum atomic E-state index is 14.8. The fourth-order valence-electron chi connectivity index (χ4n) is 5.25. The predicted octanol–water partition coefficient (Wildman–Crippen LogP) is 3.05. The van der Waals surface area contributed by atoms with Crippen LogP contribution in [0.1, 0.15) is 50.0 Å². The Morgan fingerprint density at radius 3 is 2.69 bits per heavy atom. The average molecular weight is 504 g/mol. The topological polar surface area (TPSA) is 109 Å². The van der Waals surface area contributed by atoms with Crippen LogP contribution in [0.5, 0.6) is 0 Å². The van der Waals surface area contributed by atoms with E-state index in [1.54, 1.807) is 0 Å². The molecule has 3 amide bonds. The number of nitrogens with one attached hydrogen (secondary N) is 2. The van der Waals surface area contributed by atoms with Crippen molar-refractivity contribution in [3.63, 3.8) is 0 Å². The van der Waals surface area contributed by atoms with Crippen LogP contribution in [0.3, 0.4) is 0 Å². The third-order valence-corrected chi connectivity index (χ3v) is 7.10. The van der Waals surface area contributed by atoms with Gasteiger partial charge in [0.2, 0.25) is 11.8 Å². The van der Waals surface area contributed by atoms with Crippen molar-refractivity contribution in [2.75, 3.05) is 20.1 Å². The van der Waals surface area contributed by atoms with Crippen molar-refractivity contribution in [1.29, 1.82) is 5.26 Å². The summed E-state index contributed by atoms with van der Waals surface area (Å²) in [6.45, 7) is 3.07. The summed E-state index contributed by atoms with van der Waals surface area (Å²) in [5.41, 5.74) is -2.79. The van der Waals surface area contributed by atoms with Crippen molar-refractivity contribution in [3.05, 3.63) is 35.5 Å². The van der Waals surface area contributed by atoms with Gasteiger partial charge in [0.05, 0.1) is 17.0 Å². The van der Waals surface area contributed by atoms with Gasteiger partial charge in [0.1, 0.15) is 35.1 Å². The molecule has 1 aromatic heterocycles. The van der Waals surface area contributed by atoms with Crippen molar-refractivity contribution in [2.24, 2.45) is 5.41 Å². The lowest BCUT2D eigenvalue weighted by Gasteiger charge is -2.35. The van der Waals surface area contributed by atoms with Gasteiger partial charge in [0, 0.05) is 38.0 Å². The highest BCUT2D eigenvalue weighted by Gasteiger charge is 2.53. The van der Waals surface area contributed by atoms with Crippen molar-refractivity contribution in [1.82, 2.24) is 20.1 Å². The summed E-state index contributed by atoms with van der Waals surface area (Å²) < 4.78 is 42.6. The number of aromatic amines is 1. The highest BCUT2D eigenvalue weighted by atomic mass is 19.1. The molecule has 1 spiro atoms. The summed E-state index contributed by atoms with van der Waals surface area (Å²) in [6, 6.07) is 2.82. The highest BCUT2D eigenvalue weighted by Crippen LogP contribution is 2.41. The minimum absolute atomic E-state index is 0.00197. The van der Waals surface area contributed by atoms with Gasteiger partial charge in [0.25, 0.3) is 5.91 Å². The number of piperidine rings is 1. The number of aromatic nitrogens is 1. The Morgan fingerprint density at radius 1 is 1.33 bits per heavy atom. The number of nitrogens with zero attached hydrogens (tertiary/aromatic N) is 3. The number of benzene rings is 1. The Bertz CT molecular complexity index is 1260. The molecule has 1 aromatic carbocycles. The summed E-state index contributed by atoms with van der Waals surface area (Å²) in [5.74, 6) is -3.27. The fraction of sp³-hybridized carbons (Fsp3) is 0.520. The van der Waals surface area contributed by atoms with Gasteiger partial charge >= 0.3 is 0 Å². The second-order valence-electron chi connectivity index (χ2n) is 10.3. The monoisotopic (exact) mass is 503 g/mol. The van der Waals surface area contributed by atoms with Gasteiger partial charge in [-0.1, -0.05) is 0 Å². The molecule has 8 nitrogen and oxygen atoms in total. The molecule has 4 rings (SSSR count). The van der Waals surface area contributed by atoms with Gasteiger partial charge in [-0.15, -0.1) is 0 Å². The lowest BCUT2D eigenvalue weighted by Crippen LogP contribution is -2.53. The van der Waals surface area contributed by atoms with E-state index in [9.17, 15) is 32.8 Å². The van der Waals surface area contributed by atoms with E-state index in [2.05, 4.69) is 16.4 Å². The Morgan fingerprint density at radius 2 is 2.06 bits per heavy atom. The second-order valence-corrected chi connectivity index (χ2v) is 10.3. The number of likely N-dealkylation sites (N-methyl/N-ethyl adjacent to an activating group) is 1. The summed E-state index contributed by atoms with van der Waals surface area (Å²) in [6.07, 6.45) is 1.03. The summed E-state index contributed by atoms with van der Waals surface area (Å²) in [7, 11) is 1.32. The van der Waals surface area contributed by atoms with E-state index in [1.165, 1.54) is 31.9 Å². The number of nitriles is 1. The van der Waals surface area contributed by atoms with E-state index in [0.29, 0.717) is 25.5 Å². The van der Waals surface area contributed by atoms with Gasteiger partial charge in [-0.2, -0.15) is 5.26 Å². The summed E-state index contributed by atoms with van der Waals surface area (Å²) >= 11 is 0. The smallest absolute Gasteiger partial charge is 0.270 e. The van der Waals surface area contributed by atoms with Gasteiger partial charge in [-0.3, -0.25) is 14.4 Å². The lowest BCUT2D eigenvalue weighted by atomic mass is 9.78. The number of carbonyl (C=O) groups excluding carboxylic acids is 3. The first-order valence-electron chi connectivity index (χ1n) is 11.8. The maximum Gasteiger partial charge on any atom is 0.270 e. The van der Waals surface area contributed by atoms with Crippen LogP contribution in [0.15, 0.2) is 18.2 Å². The molecule has 2 saturated heterocycles. The molecule has 3 heterocycles. The van der Waals surface area contributed by atoms with Crippen molar-refractivity contribution >= 4 is 28.6 Å². The molecule has 2 fully saturated rings. The van der Waals surface area contributed by atoms with E-state index in [0.717, 1.165) is 11.0 Å². The third-order valence-electron chi connectivity index (χ3n) is 7.10. The zero-order valence-electron chi connectivity index (χ0n) is 20.3. The van der Waals surface area contributed by atoms with E-state index in [-0.39, 0.29) is 41.9 Å². The van der Waals surface area contributed by atoms with E-state index >= 15 is 0 Å². The minimum atomic E-state index is -1.85. The zero-order chi connectivity index (χ0) is 26.4. The Balaban J connectivity index is 1.65. The van der Waals surface area contributed by atoms with E-state index in [4.69, 9.17) is 0 Å². The number of rotatable bonds is 5. The molecular weight excluding hydrogens is 475 g/mol. The number of amides is 3. The van der Waals surface area contributed by atoms with Gasteiger partial charge in [-0.05, 0) is 45.2 Å². The van der Waals surface area contributed by atoms with E-state index < -0.39 is 46.6 Å². The highest BCUT2D eigenvalue weighted by molar-refractivity contribution is 6.00. The standard InChI is InChI=1S/C25H28F3N5O3/c1-24(2,28)11-20(22(35)33-13-25(10-15(33)12-29)5-4-6-30-23(25)36)32(3)21(34)19-9-16-17(27)7-14(26)8-18(16)31-19/h7-9,15,20,31H,4-6,10-11,13H2,1-3H3,(H,30,36)/t15-,20-,25-/m0/s1. The normalized spacial score (nSPS) is 23.0. The van der Waals surface area contributed by atoms with Crippen LogP contribution < -0.4 is 5.32 Å². The van der Waals surface area contributed by atoms with Crippen LogP contribution in [-0.2, 0) is 9.59 Å². The van der Waals surface area contributed by atoms with Crippen molar-refractivity contribution in [2.45, 2.75) is 57.3 Å². The Kier molecular flexibility index (Phi) is 6.49. The quantitative estimate of drug-likeness (QED) is 0.654. The molecule has 2 aliphatic heterocycles. The molecule has 0 aliphatic carbocycles. The SMILES string of the molecule is CN(C(=O)c1cc2c(F)cc(F)cc2[nH]1)[C@@H](CC(C)(C)F)C(=O)N1C[C@]2(CCCNC2=O)C[C@H]1C#N. The van der Waals surface area contributed by atoms with Gasteiger partial charge in [-0.25, -0.2) is 13.2 Å². The average Bonchev–Trinajstić information content (AvgIpc) is 3.40. The number of alkyl halides is 1. The van der Waals surface area contributed by atoms with Crippen LogP contribution in [0.2, 0.25) is 0 Å². The van der Waals surface area contributed by atoms with Gasteiger partial charge < -0.3 is 20.1 Å². The lowest BCUT2D eigenvalue weighted by molar-refractivity contribution is -0.139. The molecule has 2 aliphatic rings. The first kappa shape index (κ1) is 25.5. The van der Waals surface area contributed by atoms with Crippen molar-refractivity contribution in [3.8, 4) is 6.07 Å². The fourth-order valence-corrected chi connectivity index (χ4v) is 5.25. The maximum absolute atomic E-state index is 14.8. The zero-order valence-corrected chi connectivity index (χ0v) is 20.3. The molecule has 0 saturated carbocycles. The molecule has 3 atom stereocenters. The van der Waals surface area contributed by atoms with E-state index in [1.807, 2.05) is 0 Å². The largest absolute Gasteiger partial charge is 0.356 e. The number of halogens is 3. The first-order chi connectivity index (χ1) is 16.8. The Hall–Kier alpha value is -3.55. The van der Waals surface area contributed by atoms with Crippen LogP contribution in [0.4, 0.5) is 13.2 Å². The number of H-pyrrole nitrogens is 1. The number of hydrogen-bond donors (Lipinski definition) is 2. The van der Waals surface area contributed by atoms with Crippen LogP contribution in [-0.4, -0.2) is 70.4 Å². The number of likely N-dealkylation sites (tertiary alicyclic amines) is 1. The Labute approximate surface area is 206 Å². The summed E-state index contributed by atoms with van der Waals surface area (Å²) in [4.78, 5) is 44.7. The number of fused-ring (bicyclic) bond motifs is 1. The van der Waals surface area contributed by atoms with Crippen LogP contribution in [0, 0.1) is 28.4 Å². The number of carbonyl (C=O) groups is 3. The van der Waals surface area contributed by atoms with Crippen molar-refractivity contribution < 1.29 is 27.6 Å².